The van der Waals surface area contributed by atoms with Gasteiger partial charge in [-0.25, -0.2) is 0 Å². The first kappa shape index (κ1) is 15.8. The molecule has 0 radical (unpaired) electrons. The van der Waals surface area contributed by atoms with Crippen molar-refractivity contribution >= 4 is 22.9 Å². The second-order valence-electron chi connectivity index (χ2n) is 5.13. The van der Waals surface area contributed by atoms with E-state index in [1.807, 2.05) is 41.8 Å². The molecule has 0 spiro atoms. The third kappa shape index (κ3) is 3.80. The molecule has 1 atom stereocenters. The first-order chi connectivity index (χ1) is 11.3. The SMILES string of the molecule is C#Cc1cccc(N(Cc2cccs2)C(=O)[C@@H]2COCCO2)c1. The lowest BCUT2D eigenvalue weighted by molar-refractivity contribution is -0.144. The summed E-state index contributed by atoms with van der Waals surface area (Å²) in [5, 5.41) is 2.00. The van der Waals surface area contributed by atoms with Crippen molar-refractivity contribution in [1.29, 1.82) is 0 Å². The van der Waals surface area contributed by atoms with Gasteiger partial charge in [0.2, 0.25) is 0 Å². The topological polar surface area (TPSA) is 38.8 Å². The van der Waals surface area contributed by atoms with Gasteiger partial charge in [0.1, 0.15) is 0 Å². The minimum absolute atomic E-state index is 0.104. The average molecular weight is 327 g/mol. The molecule has 2 heterocycles. The number of hydrogen-bond acceptors (Lipinski definition) is 4. The van der Waals surface area contributed by atoms with Gasteiger partial charge in [-0.15, -0.1) is 17.8 Å². The van der Waals surface area contributed by atoms with E-state index in [-0.39, 0.29) is 12.5 Å². The van der Waals surface area contributed by atoms with E-state index in [2.05, 4.69) is 5.92 Å². The first-order valence-corrected chi connectivity index (χ1v) is 8.25. The zero-order valence-electron chi connectivity index (χ0n) is 12.6. The zero-order valence-corrected chi connectivity index (χ0v) is 13.4. The highest BCUT2D eigenvalue weighted by molar-refractivity contribution is 7.09. The number of thiophene rings is 1. The van der Waals surface area contributed by atoms with Gasteiger partial charge in [-0.05, 0) is 29.6 Å². The fourth-order valence-corrected chi connectivity index (χ4v) is 3.12. The van der Waals surface area contributed by atoms with Crippen LogP contribution < -0.4 is 4.90 Å². The molecule has 0 saturated carbocycles. The first-order valence-electron chi connectivity index (χ1n) is 7.37. The molecule has 1 saturated heterocycles. The number of benzene rings is 1. The molecule has 1 aromatic heterocycles. The number of hydrogen-bond donors (Lipinski definition) is 0. The van der Waals surface area contributed by atoms with Crippen LogP contribution in [0.1, 0.15) is 10.4 Å². The van der Waals surface area contributed by atoms with E-state index in [1.54, 1.807) is 16.2 Å². The minimum Gasteiger partial charge on any atom is -0.376 e. The normalized spacial score (nSPS) is 17.4. The van der Waals surface area contributed by atoms with Crippen LogP contribution >= 0.6 is 11.3 Å². The Hall–Kier alpha value is -2.13. The summed E-state index contributed by atoms with van der Waals surface area (Å²) in [4.78, 5) is 15.7. The summed E-state index contributed by atoms with van der Waals surface area (Å²) in [6, 6.07) is 11.4. The van der Waals surface area contributed by atoms with Crippen molar-refractivity contribution < 1.29 is 14.3 Å². The Balaban J connectivity index is 1.89. The van der Waals surface area contributed by atoms with Crippen LogP contribution in [0, 0.1) is 12.3 Å². The molecule has 1 aliphatic heterocycles. The third-order valence-corrected chi connectivity index (χ3v) is 4.44. The van der Waals surface area contributed by atoms with Crippen LogP contribution in [0.5, 0.6) is 0 Å². The predicted molar refractivity (Wildman–Crippen MR) is 90.4 cm³/mol. The summed E-state index contributed by atoms with van der Waals surface area (Å²) in [6.07, 6.45) is 4.91. The van der Waals surface area contributed by atoms with Crippen LogP contribution in [0.15, 0.2) is 41.8 Å². The van der Waals surface area contributed by atoms with Gasteiger partial charge < -0.3 is 14.4 Å². The molecule has 1 amide bonds. The van der Waals surface area contributed by atoms with Crippen molar-refractivity contribution in [2.75, 3.05) is 24.7 Å². The van der Waals surface area contributed by atoms with E-state index in [1.165, 1.54) is 0 Å². The van der Waals surface area contributed by atoms with Gasteiger partial charge in [0.05, 0.1) is 26.4 Å². The van der Waals surface area contributed by atoms with Gasteiger partial charge in [0.15, 0.2) is 6.10 Å². The average Bonchev–Trinajstić information content (AvgIpc) is 3.13. The second kappa shape index (κ2) is 7.42. The van der Waals surface area contributed by atoms with Crippen LogP contribution in [-0.2, 0) is 20.8 Å². The van der Waals surface area contributed by atoms with Crippen molar-refractivity contribution in [1.82, 2.24) is 0 Å². The molecular formula is C18H17NO3S. The Kier molecular flexibility index (Phi) is 5.09. The molecule has 0 N–H and O–H groups in total. The number of nitrogens with zero attached hydrogens (tertiary/aromatic N) is 1. The Morgan fingerprint density at radius 2 is 2.26 bits per heavy atom. The van der Waals surface area contributed by atoms with E-state index in [9.17, 15) is 4.79 Å². The van der Waals surface area contributed by atoms with Gasteiger partial charge >= 0.3 is 0 Å². The molecule has 23 heavy (non-hydrogen) atoms. The van der Waals surface area contributed by atoms with Crippen LogP contribution in [0.4, 0.5) is 5.69 Å². The van der Waals surface area contributed by atoms with Gasteiger partial charge in [0, 0.05) is 16.1 Å². The standard InChI is InChI=1S/C18H17NO3S/c1-2-14-5-3-6-15(11-14)19(12-16-7-4-10-23-16)18(20)17-13-21-8-9-22-17/h1,3-7,10-11,17H,8-9,12-13H2/t17-/m0/s1. The van der Waals surface area contributed by atoms with E-state index in [0.717, 1.165) is 16.1 Å². The largest absolute Gasteiger partial charge is 0.376 e. The summed E-state index contributed by atoms with van der Waals surface area (Å²) in [5.74, 6) is 2.50. The number of carbonyl (C=O) groups is 1. The highest BCUT2D eigenvalue weighted by Crippen LogP contribution is 2.23. The second-order valence-corrected chi connectivity index (χ2v) is 6.17. The fraction of sp³-hybridized carbons (Fsp3) is 0.278. The van der Waals surface area contributed by atoms with E-state index < -0.39 is 6.10 Å². The number of ether oxygens (including phenoxy) is 2. The highest BCUT2D eigenvalue weighted by atomic mass is 32.1. The molecule has 3 rings (SSSR count). The van der Waals surface area contributed by atoms with Crippen molar-refractivity contribution in [3.63, 3.8) is 0 Å². The summed E-state index contributed by atoms with van der Waals surface area (Å²) in [7, 11) is 0. The smallest absolute Gasteiger partial charge is 0.258 e. The van der Waals surface area contributed by atoms with Gasteiger partial charge in [-0.1, -0.05) is 18.1 Å². The van der Waals surface area contributed by atoms with E-state index in [4.69, 9.17) is 15.9 Å². The maximum absolute atomic E-state index is 12.9. The summed E-state index contributed by atoms with van der Waals surface area (Å²) < 4.78 is 10.9. The Bertz CT molecular complexity index is 699. The van der Waals surface area contributed by atoms with Gasteiger partial charge in [0.25, 0.3) is 5.91 Å². The number of amides is 1. The van der Waals surface area contributed by atoms with Crippen molar-refractivity contribution in [2.24, 2.45) is 0 Å². The Morgan fingerprint density at radius 3 is 2.96 bits per heavy atom. The number of carbonyl (C=O) groups excluding carboxylic acids is 1. The minimum atomic E-state index is -0.571. The maximum atomic E-state index is 12.9. The zero-order chi connectivity index (χ0) is 16.1. The molecule has 2 aromatic rings. The molecule has 1 fully saturated rings. The summed E-state index contributed by atoms with van der Waals surface area (Å²) >= 11 is 1.61. The monoisotopic (exact) mass is 327 g/mol. The molecule has 4 nitrogen and oxygen atoms in total. The number of rotatable bonds is 4. The molecule has 0 aliphatic carbocycles. The lowest BCUT2D eigenvalue weighted by Gasteiger charge is -2.29. The van der Waals surface area contributed by atoms with Gasteiger partial charge in [-0.3, -0.25) is 4.79 Å². The van der Waals surface area contributed by atoms with Crippen molar-refractivity contribution in [3.8, 4) is 12.3 Å². The number of anilines is 1. The molecule has 1 aliphatic rings. The maximum Gasteiger partial charge on any atom is 0.258 e. The molecule has 118 valence electrons. The lowest BCUT2D eigenvalue weighted by Crippen LogP contribution is -2.45. The molecule has 0 unspecified atom stereocenters. The molecule has 5 heteroatoms. The Morgan fingerprint density at radius 1 is 1.35 bits per heavy atom. The quantitative estimate of drug-likeness (QED) is 0.811. The summed E-state index contributed by atoms with van der Waals surface area (Å²) in [6.45, 7) is 1.74. The van der Waals surface area contributed by atoms with Crippen molar-refractivity contribution in [2.45, 2.75) is 12.6 Å². The summed E-state index contributed by atoms with van der Waals surface area (Å²) in [5.41, 5.74) is 1.51. The lowest BCUT2D eigenvalue weighted by atomic mass is 10.1. The molecular weight excluding hydrogens is 310 g/mol. The highest BCUT2D eigenvalue weighted by Gasteiger charge is 2.29. The van der Waals surface area contributed by atoms with Crippen LogP contribution in [-0.4, -0.2) is 31.8 Å². The fourth-order valence-electron chi connectivity index (χ4n) is 2.42. The molecule has 1 aromatic carbocycles. The van der Waals surface area contributed by atoms with Crippen molar-refractivity contribution in [3.05, 3.63) is 52.2 Å². The van der Waals surface area contributed by atoms with Crippen LogP contribution in [0.25, 0.3) is 0 Å². The number of terminal acetylenes is 1. The van der Waals surface area contributed by atoms with Crippen LogP contribution in [0.2, 0.25) is 0 Å². The third-order valence-electron chi connectivity index (χ3n) is 3.58. The van der Waals surface area contributed by atoms with Crippen LogP contribution in [0.3, 0.4) is 0 Å². The van der Waals surface area contributed by atoms with Gasteiger partial charge in [-0.2, -0.15) is 0 Å². The Labute approximate surface area is 139 Å². The van der Waals surface area contributed by atoms with E-state index >= 15 is 0 Å². The predicted octanol–water partition coefficient (Wildman–Crippen LogP) is 2.68. The molecule has 0 bridgehead atoms. The van der Waals surface area contributed by atoms with E-state index in [0.29, 0.717) is 19.8 Å².